The molecule has 1 atom stereocenters. The van der Waals surface area contributed by atoms with E-state index in [1.165, 1.54) is 0 Å². The van der Waals surface area contributed by atoms with Crippen LogP contribution in [-0.2, 0) is 0 Å². The predicted octanol–water partition coefficient (Wildman–Crippen LogP) is 2.56. The summed E-state index contributed by atoms with van der Waals surface area (Å²) in [5.74, 6) is 0. The Kier molecular flexibility index (Phi) is 3.28. The van der Waals surface area contributed by atoms with Crippen molar-refractivity contribution in [2.75, 3.05) is 18.0 Å². The molecule has 0 amide bonds. The molecule has 1 heterocycles. The zero-order valence-corrected chi connectivity index (χ0v) is 10.5. The molecular weight excluding hydrogens is 236 g/mol. The fourth-order valence-electron chi connectivity index (χ4n) is 2.16. The number of hydrogen-bond donors (Lipinski definition) is 1. The van der Waals surface area contributed by atoms with Gasteiger partial charge in [-0.1, -0.05) is 18.5 Å². The van der Waals surface area contributed by atoms with Crippen LogP contribution in [0.5, 0.6) is 0 Å². The highest BCUT2D eigenvalue weighted by molar-refractivity contribution is 6.32. The van der Waals surface area contributed by atoms with Gasteiger partial charge in [0.2, 0.25) is 0 Å². The quantitative estimate of drug-likeness (QED) is 0.878. The Morgan fingerprint density at radius 2 is 2.35 bits per heavy atom. The van der Waals surface area contributed by atoms with Gasteiger partial charge in [-0.05, 0) is 31.0 Å². The molecule has 90 valence electrons. The van der Waals surface area contributed by atoms with Crippen LogP contribution in [0, 0.1) is 11.3 Å². The van der Waals surface area contributed by atoms with E-state index in [1.807, 2.05) is 19.1 Å². The van der Waals surface area contributed by atoms with Crippen molar-refractivity contribution in [3.63, 3.8) is 0 Å². The first-order valence-corrected chi connectivity index (χ1v) is 6.13. The monoisotopic (exact) mass is 250 g/mol. The second-order valence-corrected chi connectivity index (χ2v) is 4.93. The highest BCUT2D eigenvalue weighted by atomic mass is 35.5. The van der Waals surface area contributed by atoms with Crippen LogP contribution in [0.15, 0.2) is 18.2 Å². The van der Waals surface area contributed by atoms with E-state index in [1.54, 1.807) is 12.1 Å². The lowest BCUT2D eigenvalue weighted by molar-refractivity contribution is 0.0594. The lowest BCUT2D eigenvalue weighted by Gasteiger charge is -2.23. The number of halogens is 1. The van der Waals surface area contributed by atoms with Crippen molar-refractivity contribution in [3.05, 3.63) is 28.8 Å². The lowest BCUT2D eigenvalue weighted by atomic mass is 10.0. The molecule has 17 heavy (non-hydrogen) atoms. The number of anilines is 1. The topological polar surface area (TPSA) is 47.3 Å². The molecule has 0 unspecified atom stereocenters. The van der Waals surface area contributed by atoms with E-state index in [4.69, 9.17) is 16.9 Å². The van der Waals surface area contributed by atoms with E-state index < -0.39 is 5.60 Å². The van der Waals surface area contributed by atoms with Crippen LogP contribution in [-0.4, -0.2) is 23.8 Å². The number of β-amino-alcohol motifs (C(OH)–C–C–N with tert-alkyl or cyclic N) is 1. The Bertz CT molecular complexity index is 469. The first kappa shape index (κ1) is 12.2. The number of nitriles is 1. The molecule has 3 nitrogen and oxygen atoms in total. The Labute approximate surface area is 106 Å². The van der Waals surface area contributed by atoms with Crippen LogP contribution >= 0.6 is 11.6 Å². The van der Waals surface area contributed by atoms with Gasteiger partial charge in [0.25, 0.3) is 0 Å². The minimum Gasteiger partial charge on any atom is -0.388 e. The maximum atomic E-state index is 10.2. The lowest BCUT2D eigenvalue weighted by Crippen LogP contribution is -2.32. The molecule has 0 spiro atoms. The highest BCUT2D eigenvalue weighted by Gasteiger charge is 2.34. The van der Waals surface area contributed by atoms with E-state index in [2.05, 4.69) is 4.90 Å². The SMILES string of the molecule is CC[C@@]1(O)CCN(c2ccc(C#N)c(Cl)c2)C1. The molecule has 1 aromatic carbocycles. The van der Waals surface area contributed by atoms with E-state index in [0.29, 0.717) is 17.1 Å². The van der Waals surface area contributed by atoms with Crippen LogP contribution in [0.25, 0.3) is 0 Å². The smallest absolute Gasteiger partial charge is 0.101 e. The third-order valence-electron chi connectivity index (χ3n) is 3.43. The van der Waals surface area contributed by atoms with Crippen LogP contribution in [0.4, 0.5) is 5.69 Å². The summed E-state index contributed by atoms with van der Waals surface area (Å²) in [5.41, 5.74) is 0.874. The van der Waals surface area contributed by atoms with Crippen LogP contribution in [0.1, 0.15) is 25.3 Å². The molecule has 1 fully saturated rings. The third kappa shape index (κ3) is 2.38. The minimum absolute atomic E-state index is 0.469. The molecule has 0 saturated carbocycles. The summed E-state index contributed by atoms with van der Waals surface area (Å²) in [7, 11) is 0. The van der Waals surface area contributed by atoms with Gasteiger partial charge in [-0.3, -0.25) is 0 Å². The van der Waals surface area contributed by atoms with Gasteiger partial charge in [0.15, 0.2) is 0 Å². The van der Waals surface area contributed by atoms with E-state index >= 15 is 0 Å². The molecule has 1 aliphatic heterocycles. The fourth-order valence-corrected chi connectivity index (χ4v) is 2.37. The number of nitrogens with zero attached hydrogens (tertiary/aromatic N) is 2. The van der Waals surface area contributed by atoms with E-state index in [-0.39, 0.29) is 0 Å². The molecule has 0 aromatic heterocycles. The fraction of sp³-hybridized carbons (Fsp3) is 0.462. The Balaban J connectivity index is 2.20. The summed E-state index contributed by atoms with van der Waals surface area (Å²) in [6.07, 6.45) is 1.54. The largest absolute Gasteiger partial charge is 0.388 e. The summed E-state index contributed by atoms with van der Waals surface area (Å²) in [6, 6.07) is 7.44. The summed E-state index contributed by atoms with van der Waals surface area (Å²) < 4.78 is 0. The van der Waals surface area contributed by atoms with Gasteiger partial charge in [0, 0.05) is 18.8 Å². The van der Waals surface area contributed by atoms with Crippen LogP contribution in [0.3, 0.4) is 0 Å². The number of aliphatic hydroxyl groups is 1. The van der Waals surface area contributed by atoms with Crippen LogP contribution < -0.4 is 4.90 Å². The van der Waals surface area contributed by atoms with Crippen molar-refractivity contribution in [2.24, 2.45) is 0 Å². The second-order valence-electron chi connectivity index (χ2n) is 4.53. The molecule has 1 aromatic rings. The van der Waals surface area contributed by atoms with Crippen molar-refractivity contribution in [2.45, 2.75) is 25.4 Å². The van der Waals surface area contributed by atoms with Gasteiger partial charge in [-0.15, -0.1) is 0 Å². The van der Waals surface area contributed by atoms with Gasteiger partial charge >= 0.3 is 0 Å². The summed E-state index contributed by atoms with van der Waals surface area (Å²) in [5, 5.41) is 19.5. The van der Waals surface area contributed by atoms with Crippen molar-refractivity contribution in [3.8, 4) is 6.07 Å². The van der Waals surface area contributed by atoms with Gasteiger partial charge in [0.1, 0.15) is 6.07 Å². The van der Waals surface area contributed by atoms with Crippen molar-refractivity contribution < 1.29 is 5.11 Å². The Morgan fingerprint density at radius 1 is 1.59 bits per heavy atom. The van der Waals surface area contributed by atoms with Gasteiger partial charge in [-0.25, -0.2) is 0 Å². The second kappa shape index (κ2) is 4.56. The molecular formula is C13H15ClN2O. The first-order valence-electron chi connectivity index (χ1n) is 5.75. The Hall–Kier alpha value is -1.24. The number of hydrogen-bond acceptors (Lipinski definition) is 3. The van der Waals surface area contributed by atoms with Crippen LogP contribution in [0.2, 0.25) is 5.02 Å². The molecule has 1 N–H and O–H groups in total. The van der Waals surface area contributed by atoms with Gasteiger partial charge in [-0.2, -0.15) is 5.26 Å². The summed E-state index contributed by atoms with van der Waals surface area (Å²) in [6.45, 7) is 3.45. The standard InChI is InChI=1S/C13H15ClN2O/c1-2-13(17)5-6-16(9-13)11-4-3-10(8-15)12(14)7-11/h3-4,7,17H,2,5-6,9H2,1H3/t13-/m1/s1. The molecule has 0 bridgehead atoms. The van der Waals surface area contributed by atoms with Crippen molar-refractivity contribution in [1.82, 2.24) is 0 Å². The Morgan fingerprint density at radius 3 is 2.88 bits per heavy atom. The normalized spacial score (nSPS) is 23.8. The zero-order valence-electron chi connectivity index (χ0n) is 9.78. The van der Waals surface area contributed by atoms with Gasteiger partial charge in [0.05, 0.1) is 16.2 Å². The molecule has 2 rings (SSSR count). The first-order chi connectivity index (χ1) is 8.08. The predicted molar refractivity (Wildman–Crippen MR) is 68.2 cm³/mol. The van der Waals surface area contributed by atoms with Crippen molar-refractivity contribution in [1.29, 1.82) is 5.26 Å². The average Bonchev–Trinajstić information content (AvgIpc) is 2.73. The third-order valence-corrected chi connectivity index (χ3v) is 3.74. The van der Waals surface area contributed by atoms with Crippen molar-refractivity contribution >= 4 is 17.3 Å². The molecule has 0 radical (unpaired) electrons. The van der Waals surface area contributed by atoms with E-state index in [9.17, 15) is 5.11 Å². The molecule has 4 heteroatoms. The maximum absolute atomic E-state index is 10.2. The maximum Gasteiger partial charge on any atom is 0.101 e. The molecule has 0 aliphatic carbocycles. The number of rotatable bonds is 2. The zero-order chi connectivity index (χ0) is 12.5. The summed E-state index contributed by atoms with van der Waals surface area (Å²) >= 11 is 6.00. The van der Waals surface area contributed by atoms with Gasteiger partial charge < -0.3 is 10.0 Å². The highest BCUT2D eigenvalue weighted by Crippen LogP contribution is 2.31. The van der Waals surface area contributed by atoms with E-state index in [0.717, 1.165) is 25.1 Å². The average molecular weight is 251 g/mol. The number of benzene rings is 1. The molecule has 1 saturated heterocycles. The minimum atomic E-state index is -0.583. The molecule has 1 aliphatic rings. The summed E-state index contributed by atoms with van der Waals surface area (Å²) in [4.78, 5) is 2.11.